The number of benzene rings is 1. The summed E-state index contributed by atoms with van der Waals surface area (Å²) in [6.45, 7) is 2.02. The minimum Gasteiger partial charge on any atom is -0.348 e. The van der Waals surface area contributed by atoms with E-state index in [0.717, 1.165) is 24.3 Å². The van der Waals surface area contributed by atoms with Crippen molar-refractivity contribution in [3.8, 4) is 0 Å². The van der Waals surface area contributed by atoms with E-state index < -0.39 is 0 Å². The van der Waals surface area contributed by atoms with Gasteiger partial charge in [-0.3, -0.25) is 9.69 Å². The van der Waals surface area contributed by atoms with Gasteiger partial charge in [0.1, 0.15) is 6.04 Å². The van der Waals surface area contributed by atoms with Crippen molar-refractivity contribution in [1.82, 2.24) is 9.47 Å². The van der Waals surface area contributed by atoms with E-state index in [9.17, 15) is 4.79 Å². The predicted octanol–water partition coefficient (Wildman–Crippen LogP) is 3.04. The molecule has 1 aliphatic rings. The highest BCUT2D eigenvalue weighted by Crippen LogP contribution is 2.28. The molecule has 1 atom stereocenters. The van der Waals surface area contributed by atoms with Crippen molar-refractivity contribution < 1.29 is 4.79 Å². The molecule has 0 aliphatic carbocycles. The molecule has 1 aromatic carbocycles. The molecule has 1 saturated heterocycles. The van der Waals surface area contributed by atoms with Crippen molar-refractivity contribution in [2.24, 2.45) is 7.05 Å². The summed E-state index contributed by atoms with van der Waals surface area (Å²) in [5, 5.41) is 0. The van der Waals surface area contributed by atoms with Crippen molar-refractivity contribution >= 4 is 5.78 Å². The van der Waals surface area contributed by atoms with Crippen LogP contribution in [0.4, 0.5) is 0 Å². The average Bonchev–Trinajstić information content (AvgIpc) is 3.12. The second-order valence-electron chi connectivity index (χ2n) is 5.42. The Morgan fingerprint density at radius 3 is 2.35 bits per heavy atom. The molecular formula is C17H20N2O. The molecule has 20 heavy (non-hydrogen) atoms. The summed E-state index contributed by atoms with van der Waals surface area (Å²) >= 11 is 0. The van der Waals surface area contributed by atoms with E-state index in [2.05, 4.69) is 17.0 Å². The number of aromatic nitrogens is 1. The largest absolute Gasteiger partial charge is 0.348 e. The highest BCUT2D eigenvalue weighted by Gasteiger charge is 2.31. The molecule has 1 aliphatic heterocycles. The summed E-state index contributed by atoms with van der Waals surface area (Å²) < 4.78 is 1.91. The van der Waals surface area contributed by atoms with Gasteiger partial charge < -0.3 is 4.57 Å². The molecule has 3 rings (SSSR count). The SMILES string of the molecule is [11CH3]n1cccc1C(=O)[C@@H](c1ccccc1)N1CCCC1. The Bertz CT molecular complexity index is 582. The molecule has 0 amide bonds. The van der Waals surface area contributed by atoms with Crippen molar-refractivity contribution in [2.45, 2.75) is 18.9 Å². The van der Waals surface area contributed by atoms with Gasteiger partial charge in [0.05, 0.1) is 5.69 Å². The van der Waals surface area contributed by atoms with Crippen LogP contribution in [0.25, 0.3) is 0 Å². The smallest absolute Gasteiger partial charge is 0.200 e. The molecule has 2 heterocycles. The quantitative estimate of drug-likeness (QED) is 0.796. The topological polar surface area (TPSA) is 25.2 Å². The van der Waals surface area contributed by atoms with Crippen LogP contribution in [0.1, 0.15) is 34.9 Å². The number of rotatable bonds is 4. The van der Waals surface area contributed by atoms with Crippen molar-refractivity contribution in [2.75, 3.05) is 13.1 Å². The number of hydrogen-bond donors (Lipinski definition) is 0. The fraction of sp³-hybridized carbons (Fsp3) is 0.353. The fourth-order valence-corrected chi connectivity index (χ4v) is 3.02. The summed E-state index contributed by atoms with van der Waals surface area (Å²) in [6, 6.07) is 13.8. The van der Waals surface area contributed by atoms with Gasteiger partial charge in [0.15, 0.2) is 0 Å². The maximum Gasteiger partial charge on any atom is 0.200 e. The van der Waals surface area contributed by atoms with Crippen molar-refractivity contribution in [3.63, 3.8) is 0 Å². The molecule has 0 N–H and O–H groups in total. The van der Waals surface area contributed by atoms with Crippen LogP contribution in [0.5, 0.6) is 0 Å². The van der Waals surface area contributed by atoms with Gasteiger partial charge in [0, 0.05) is 13.2 Å². The average molecular weight is 267 g/mol. The van der Waals surface area contributed by atoms with E-state index in [1.807, 2.05) is 48.1 Å². The van der Waals surface area contributed by atoms with Crippen LogP contribution >= 0.6 is 0 Å². The summed E-state index contributed by atoms with van der Waals surface area (Å²) in [5.74, 6) is 0.200. The lowest BCUT2D eigenvalue weighted by Crippen LogP contribution is -2.32. The minimum absolute atomic E-state index is 0.146. The number of nitrogens with zero attached hydrogens (tertiary/aromatic N) is 2. The zero-order valence-electron chi connectivity index (χ0n) is 11.8. The van der Waals surface area contributed by atoms with Crippen molar-refractivity contribution in [1.29, 1.82) is 0 Å². The van der Waals surface area contributed by atoms with Crippen LogP contribution in [0, 0.1) is 0 Å². The van der Waals surface area contributed by atoms with Gasteiger partial charge in [-0.15, -0.1) is 0 Å². The van der Waals surface area contributed by atoms with E-state index in [0.29, 0.717) is 0 Å². The number of likely N-dealkylation sites (tertiary alicyclic amines) is 1. The highest BCUT2D eigenvalue weighted by atomic mass is 16.1. The lowest BCUT2D eigenvalue weighted by atomic mass is 9.99. The van der Waals surface area contributed by atoms with E-state index >= 15 is 0 Å². The Morgan fingerprint density at radius 1 is 1.05 bits per heavy atom. The number of carbonyl (C=O) groups excluding carboxylic acids is 1. The number of aryl methyl sites for hydroxylation is 1. The highest BCUT2D eigenvalue weighted by molar-refractivity contribution is 5.99. The summed E-state index contributed by atoms with van der Waals surface area (Å²) in [5.41, 5.74) is 1.88. The lowest BCUT2D eigenvalue weighted by molar-refractivity contribution is 0.0840. The summed E-state index contributed by atoms with van der Waals surface area (Å²) in [4.78, 5) is 15.3. The van der Waals surface area contributed by atoms with Gasteiger partial charge >= 0.3 is 0 Å². The Labute approximate surface area is 119 Å². The first-order valence-corrected chi connectivity index (χ1v) is 7.22. The third-order valence-corrected chi connectivity index (χ3v) is 4.07. The number of ketones is 1. The summed E-state index contributed by atoms with van der Waals surface area (Å²) in [7, 11) is 1.93. The van der Waals surface area contributed by atoms with Crippen LogP contribution in [0.15, 0.2) is 48.7 Å². The molecule has 3 heteroatoms. The zero-order valence-corrected chi connectivity index (χ0v) is 11.8. The van der Waals surface area contributed by atoms with Crippen LogP contribution < -0.4 is 0 Å². The van der Waals surface area contributed by atoms with Gasteiger partial charge in [-0.1, -0.05) is 30.3 Å². The second kappa shape index (κ2) is 5.63. The van der Waals surface area contributed by atoms with E-state index in [1.165, 1.54) is 12.8 Å². The Morgan fingerprint density at radius 2 is 1.75 bits per heavy atom. The van der Waals surface area contributed by atoms with Gasteiger partial charge in [-0.25, -0.2) is 0 Å². The molecule has 0 saturated carbocycles. The third kappa shape index (κ3) is 2.41. The maximum atomic E-state index is 13.0. The first-order chi connectivity index (χ1) is 9.77. The van der Waals surface area contributed by atoms with E-state index in [1.54, 1.807) is 0 Å². The predicted molar refractivity (Wildman–Crippen MR) is 79.7 cm³/mol. The molecule has 0 radical (unpaired) electrons. The normalized spacial score (nSPS) is 17.2. The Hall–Kier alpha value is -1.87. The number of carbonyl (C=O) groups is 1. The monoisotopic (exact) mass is 267 g/mol. The van der Waals surface area contributed by atoms with Gasteiger partial charge in [0.2, 0.25) is 5.78 Å². The first kappa shape index (κ1) is 13.1. The molecule has 0 unspecified atom stereocenters. The van der Waals surface area contributed by atoms with E-state index in [4.69, 9.17) is 0 Å². The Balaban J connectivity index is 1.97. The molecule has 104 valence electrons. The number of Topliss-reactive ketones (excluding diaryl/α,β-unsaturated/α-hetero) is 1. The van der Waals surface area contributed by atoms with Gasteiger partial charge in [0.25, 0.3) is 0 Å². The molecule has 1 fully saturated rings. The van der Waals surface area contributed by atoms with Crippen LogP contribution in [0.2, 0.25) is 0 Å². The molecule has 0 bridgehead atoms. The number of hydrogen-bond acceptors (Lipinski definition) is 2. The van der Waals surface area contributed by atoms with Crippen LogP contribution in [-0.4, -0.2) is 28.3 Å². The standard InChI is InChI=1S/C17H20N2O/c1-18-11-7-10-15(18)17(20)16(19-12-5-6-13-19)14-8-3-2-4-9-14/h2-4,7-11,16H,5-6,12-13H2,1H3/t16-/m1/s1/i1-1. The maximum absolute atomic E-state index is 13.0. The van der Waals surface area contributed by atoms with Gasteiger partial charge in [-0.05, 0) is 43.6 Å². The minimum atomic E-state index is -0.146. The van der Waals surface area contributed by atoms with Crippen LogP contribution in [-0.2, 0) is 7.05 Å². The molecule has 2 aromatic rings. The molecule has 1 aromatic heterocycles. The molecule has 3 nitrogen and oxygen atoms in total. The third-order valence-electron chi connectivity index (χ3n) is 4.07. The van der Waals surface area contributed by atoms with Gasteiger partial charge in [-0.2, -0.15) is 0 Å². The molecule has 0 spiro atoms. The summed E-state index contributed by atoms with van der Waals surface area (Å²) in [6.07, 6.45) is 4.30. The first-order valence-electron chi connectivity index (χ1n) is 7.22. The fourth-order valence-electron chi connectivity index (χ4n) is 3.02. The Kier molecular flexibility index (Phi) is 3.70. The molecular weight excluding hydrogens is 247 g/mol. The zero-order chi connectivity index (χ0) is 13.9. The second-order valence-corrected chi connectivity index (χ2v) is 5.42. The van der Waals surface area contributed by atoms with Crippen molar-refractivity contribution in [3.05, 3.63) is 59.9 Å². The van der Waals surface area contributed by atoms with Crippen LogP contribution in [0.3, 0.4) is 0 Å². The lowest BCUT2D eigenvalue weighted by Gasteiger charge is -2.26. The van der Waals surface area contributed by atoms with E-state index in [-0.39, 0.29) is 11.8 Å².